The van der Waals surface area contributed by atoms with Crippen LogP contribution in [0.3, 0.4) is 0 Å². The zero-order chi connectivity index (χ0) is 21.7. The molecule has 0 radical (unpaired) electrons. The molecule has 1 atom stereocenters. The summed E-state index contributed by atoms with van der Waals surface area (Å²) < 4.78 is 15.7. The number of benzene rings is 1. The van der Waals surface area contributed by atoms with Crippen molar-refractivity contribution >= 4 is 34.0 Å². The van der Waals surface area contributed by atoms with Crippen molar-refractivity contribution in [3.63, 3.8) is 0 Å². The van der Waals surface area contributed by atoms with E-state index in [-0.39, 0.29) is 30.0 Å². The summed E-state index contributed by atoms with van der Waals surface area (Å²) in [6, 6.07) is 2.82. The van der Waals surface area contributed by atoms with Crippen molar-refractivity contribution in [3.05, 3.63) is 43.8 Å². The smallest absolute Gasteiger partial charge is 0.410 e. The van der Waals surface area contributed by atoms with Crippen LogP contribution in [0.2, 0.25) is 0 Å². The van der Waals surface area contributed by atoms with Crippen LogP contribution < -0.4 is 20.1 Å². The summed E-state index contributed by atoms with van der Waals surface area (Å²) in [7, 11) is 0. The Balaban J connectivity index is 1.47. The van der Waals surface area contributed by atoms with E-state index in [0.717, 1.165) is 10.4 Å². The number of amides is 2. The highest BCUT2D eigenvalue weighted by atomic mass is 32.1. The van der Waals surface area contributed by atoms with E-state index in [1.165, 1.54) is 23.5 Å². The second-order valence-corrected chi connectivity index (χ2v) is 8.26. The number of rotatable bonds is 3. The first kappa shape index (κ1) is 19.4. The number of hydrogen-bond donors (Lipinski definition) is 2. The number of nitrogens with one attached hydrogen (secondary N) is 2. The number of nitrogens with zero attached hydrogens (tertiary/aromatic N) is 2. The molecule has 4 heterocycles. The number of nitro benzene ring substituents is 1. The van der Waals surface area contributed by atoms with Crippen molar-refractivity contribution in [2.75, 3.05) is 25.3 Å². The van der Waals surface area contributed by atoms with Crippen LogP contribution >= 0.6 is 11.3 Å². The maximum atomic E-state index is 13.0. The van der Waals surface area contributed by atoms with Crippen LogP contribution in [0.25, 0.3) is 0 Å². The van der Waals surface area contributed by atoms with Crippen LogP contribution in [0.4, 0.5) is 15.5 Å². The maximum Gasteiger partial charge on any atom is 0.410 e. The maximum absolute atomic E-state index is 13.0. The fourth-order valence-corrected chi connectivity index (χ4v) is 5.27. The third kappa shape index (κ3) is 3.19. The molecule has 1 aromatic carbocycles. The van der Waals surface area contributed by atoms with Gasteiger partial charge in [0, 0.05) is 11.4 Å². The highest BCUT2D eigenvalue weighted by Crippen LogP contribution is 2.44. The van der Waals surface area contributed by atoms with Crippen LogP contribution in [0.15, 0.2) is 12.1 Å². The summed E-state index contributed by atoms with van der Waals surface area (Å²) in [5.41, 5.74) is 1.51. The highest BCUT2D eigenvalue weighted by Gasteiger charge is 2.37. The summed E-state index contributed by atoms with van der Waals surface area (Å²) in [6.07, 6.45) is -0.661. The molecule has 2 amide bonds. The second kappa shape index (κ2) is 7.30. The zero-order valence-corrected chi connectivity index (χ0v) is 17.2. The lowest BCUT2D eigenvalue weighted by Crippen LogP contribution is -2.39. The van der Waals surface area contributed by atoms with E-state index in [1.807, 2.05) is 0 Å². The molecule has 0 aliphatic carbocycles. The zero-order valence-electron chi connectivity index (χ0n) is 16.4. The van der Waals surface area contributed by atoms with Gasteiger partial charge in [0.25, 0.3) is 11.6 Å². The van der Waals surface area contributed by atoms with Gasteiger partial charge in [0.1, 0.15) is 11.2 Å². The van der Waals surface area contributed by atoms with Crippen LogP contribution in [-0.4, -0.2) is 41.8 Å². The molecule has 162 valence electrons. The molecule has 2 aromatic rings. The molecular formula is C19H18N4O7S. The van der Waals surface area contributed by atoms with Gasteiger partial charge >= 0.3 is 6.09 Å². The number of carbonyl (C=O) groups excluding carboxylic acids is 2. The van der Waals surface area contributed by atoms with Gasteiger partial charge in [0.15, 0.2) is 11.5 Å². The Hall–Kier alpha value is -3.54. The number of thiophene rings is 1. The van der Waals surface area contributed by atoms with E-state index in [1.54, 1.807) is 11.8 Å². The number of carbonyl (C=O) groups is 2. The quantitative estimate of drug-likeness (QED) is 0.543. The third-order valence-electron chi connectivity index (χ3n) is 5.39. The van der Waals surface area contributed by atoms with Crippen LogP contribution in [0.5, 0.6) is 11.5 Å². The molecule has 31 heavy (non-hydrogen) atoms. The van der Waals surface area contributed by atoms with Gasteiger partial charge in [-0.15, -0.1) is 11.3 Å². The predicted octanol–water partition coefficient (Wildman–Crippen LogP) is 2.75. The Bertz CT molecular complexity index is 1120. The lowest BCUT2D eigenvalue weighted by Gasteiger charge is -2.28. The van der Waals surface area contributed by atoms with Crippen molar-refractivity contribution in [1.82, 2.24) is 10.2 Å². The lowest BCUT2D eigenvalue weighted by molar-refractivity contribution is -0.385. The summed E-state index contributed by atoms with van der Waals surface area (Å²) in [4.78, 5) is 38.6. The standard InChI is InChI=1S/C19H18N4O7S/c1-2-28-19(25)22-4-3-9-14(7-22)31-18-15(9)17(24)20-16(21-18)10-5-12-13(30-8-29-12)6-11(10)23(26)27/h5-6,16,21H,2-4,7-8H2,1H3,(H,20,24)/t16-/m1/s1. The molecular weight excluding hydrogens is 428 g/mol. The van der Waals surface area contributed by atoms with Gasteiger partial charge in [0.2, 0.25) is 6.79 Å². The largest absolute Gasteiger partial charge is 0.454 e. The first-order chi connectivity index (χ1) is 15.0. The Labute approximate surface area is 180 Å². The van der Waals surface area contributed by atoms with E-state index < -0.39 is 11.1 Å². The molecule has 5 rings (SSSR count). The second-order valence-electron chi connectivity index (χ2n) is 7.15. The van der Waals surface area contributed by atoms with Gasteiger partial charge in [-0.2, -0.15) is 0 Å². The number of fused-ring (bicyclic) bond motifs is 4. The van der Waals surface area contributed by atoms with Gasteiger partial charge < -0.3 is 29.7 Å². The molecule has 3 aliphatic heterocycles. The van der Waals surface area contributed by atoms with Gasteiger partial charge in [-0.3, -0.25) is 14.9 Å². The molecule has 0 spiro atoms. The first-order valence-corrected chi connectivity index (χ1v) is 10.5. The van der Waals surface area contributed by atoms with Gasteiger partial charge in [-0.1, -0.05) is 0 Å². The van der Waals surface area contributed by atoms with Crippen molar-refractivity contribution in [1.29, 1.82) is 0 Å². The Morgan fingerprint density at radius 2 is 2.13 bits per heavy atom. The van der Waals surface area contributed by atoms with Gasteiger partial charge in [-0.25, -0.2) is 4.79 Å². The summed E-state index contributed by atoms with van der Waals surface area (Å²) in [6.45, 7) is 2.85. The average Bonchev–Trinajstić information content (AvgIpc) is 3.35. The van der Waals surface area contributed by atoms with E-state index in [9.17, 15) is 19.7 Å². The molecule has 11 nitrogen and oxygen atoms in total. The fourth-order valence-electron chi connectivity index (χ4n) is 3.98. The van der Waals surface area contributed by atoms with Crippen LogP contribution in [-0.2, 0) is 17.7 Å². The predicted molar refractivity (Wildman–Crippen MR) is 109 cm³/mol. The number of ether oxygens (including phenoxy) is 3. The molecule has 2 N–H and O–H groups in total. The van der Waals surface area contributed by atoms with E-state index in [2.05, 4.69) is 10.6 Å². The molecule has 0 bridgehead atoms. The third-order valence-corrected chi connectivity index (χ3v) is 6.54. The van der Waals surface area contributed by atoms with E-state index in [0.29, 0.717) is 48.2 Å². The molecule has 3 aliphatic rings. The lowest BCUT2D eigenvalue weighted by atomic mass is 10.00. The Kier molecular flexibility index (Phi) is 4.58. The van der Waals surface area contributed by atoms with Gasteiger partial charge in [-0.05, 0) is 25.0 Å². The molecule has 0 fully saturated rings. The van der Waals surface area contributed by atoms with Crippen molar-refractivity contribution in [2.24, 2.45) is 0 Å². The molecule has 12 heteroatoms. The minimum atomic E-state index is -0.809. The van der Waals surface area contributed by atoms with Crippen LogP contribution in [0.1, 0.15) is 39.5 Å². The normalized spacial score (nSPS) is 18.5. The van der Waals surface area contributed by atoms with Crippen molar-refractivity contribution < 1.29 is 28.7 Å². The van der Waals surface area contributed by atoms with Crippen LogP contribution in [0, 0.1) is 10.1 Å². The van der Waals surface area contributed by atoms with Crippen molar-refractivity contribution in [2.45, 2.75) is 26.1 Å². The molecule has 1 aromatic heterocycles. The molecule has 0 unspecified atom stereocenters. The minimum Gasteiger partial charge on any atom is -0.454 e. The number of nitro groups is 1. The monoisotopic (exact) mass is 446 g/mol. The van der Waals surface area contributed by atoms with Gasteiger partial charge in [0.05, 0.1) is 35.3 Å². The van der Waals surface area contributed by atoms with E-state index in [4.69, 9.17) is 14.2 Å². The Morgan fingerprint density at radius 1 is 1.35 bits per heavy atom. The molecule has 0 saturated heterocycles. The number of anilines is 1. The molecule has 0 saturated carbocycles. The minimum absolute atomic E-state index is 0.0147. The first-order valence-electron chi connectivity index (χ1n) is 9.67. The van der Waals surface area contributed by atoms with E-state index >= 15 is 0 Å². The average molecular weight is 446 g/mol. The number of hydrogen-bond acceptors (Lipinski definition) is 9. The summed E-state index contributed by atoms with van der Waals surface area (Å²) in [5.74, 6) is 0.370. The summed E-state index contributed by atoms with van der Waals surface area (Å²) >= 11 is 1.37. The SMILES string of the molecule is CCOC(=O)N1CCc2c(sc3c2C(=O)N[C@@H](c2cc4c(cc2[N+](=O)[O-])OCO4)N3)C1. The highest BCUT2D eigenvalue weighted by molar-refractivity contribution is 7.16. The Morgan fingerprint density at radius 3 is 2.87 bits per heavy atom. The fraction of sp³-hybridized carbons (Fsp3) is 0.368. The summed E-state index contributed by atoms with van der Waals surface area (Å²) in [5, 5.41) is 18.3. The van der Waals surface area contributed by atoms with Crippen molar-refractivity contribution in [3.8, 4) is 11.5 Å². The topological polar surface area (TPSA) is 132 Å².